The van der Waals surface area contributed by atoms with E-state index in [0.717, 1.165) is 42.9 Å². The Kier molecular flexibility index (Phi) is 4.45. The van der Waals surface area contributed by atoms with E-state index in [9.17, 15) is 9.59 Å². The average Bonchev–Trinajstić information content (AvgIpc) is 3.29. The Morgan fingerprint density at radius 3 is 2.77 bits per heavy atom. The summed E-state index contributed by atoms with van der Waals surface area (Å²) >= 11 is 1.37. The van der Waals surface area contributed by atoms with E-state index in [4.69, 9.17) is 4.74 Å². The number of aromatic nitrogens is 1. The van der Waals surface area contributed by atoms with E-state index in [1.807, 2.05) is 18.2 Å². The molecule has 6 nitrogen and oxygen atoms in total. The topological polar surface area (TPSA) is 74.4 Å². The first kappa shape index (κ1) is 19.6. The van der Waals surface area contributed by atoms with Crippen molar-refractivity contribution in [2.75, 3.05) is 31.1 Å². The first-order chi connectivity index (χ1) is 14.2. The fraction of sp³-hybridized carbons (Fsp3) is 0.478. The van der Waals surface area contributed by atoms with Crippen LogP contribution in [0, 0.1) is 5.41 Å². The summed E-state index contributed by atoms with van der Waals surface area (Å²) in [6.07, 6.45) is 3.69. The molecule has 0 amide bonds. The second kappa shape index (κ2) is 6.82. The lowest BCUT2D eigenvalue weighted by atomic mass is 9.95. The molecule has 7 heteroatoms. The number of nitrogens with zero attached hydrogens (tertiary/aromatic N) is 1. The molecule has 1 aromatic heterocycles. The van der Waals surface area contributed by atoms with Crippen molar-refractivity contribution in [2.45, 2.75) is 39.2 Å². The second-order valence-electron chi connectivity index (χ2n) is 9.70. The quantitative estimate of drug-likeness (QED) is 0.760. The minimum Gasteiger partial charge on any atom is -0.490 e. The van der Waals surface area contributed by atoms with Crippen LogP contribution in [-0.2, 0) is 4.79 Å². The van der Waals surface area contributed by atoms with Gasteiger partial charge in [0.15, 0.2) is 5.78 Å². The summed E-state index contributed by atoms with van der Waals surface area (Å²) < 4.78 is 7.13. The van der Waals surface area contributed by atoms with Gasteiger partial charge in [-0.3, -0.25) is 9.59 Å². The number of fused-ring (bicyclic) bond motifs is 1. The van der Waals surface area contributed by atoms with Crippen LogP contribution >= 0.6 is 11.3 Å². The van der Waals surface area contributed by atoms with Crippen LogP contribution in [0.25, 0.3) is 11.6 Å². The molecule has 30 heavy (non-hydrogen) atoms. The number of carbonyl (C=O) groups excluding carboxylic acids is 1. The lowest BCUT2D eigenvalue weighted by Crippen LogP contribution is -2.38. The van der Waals surface area contributed by atoms with E-state index in [2.05, 4.69) is 42.0 Å². The summed E-state index contributed by atoms with van der Waals surface area (Å²) in [5, 5.41) is 3.31. The van der Waals surface area contributed by atoms with Crippen LogP contribution in [0.4, 0.5) is 5.69 Å². The summed E-state index contributed by atoms with van der Waals surface area (Å²) in [7, 11) is 0. The van der Waals surface area contributed by atoms with E-state index in [1.54, 1.807) is 0 Å². The first-order valence-corrected chi connectivity index (χ1v) is 11.3. The minimum absolute atomic E-state index is 0.146. The largest absolute Gasteiger partial charge is 0.490 e. The van der Waals surface area contributed by atoms with Gasteiger partial charge >= 0.3 is 0 Å². The molecule has 1 aromatic carbocycles. The number of anilines is 1. The van der Waals surface area contributed by atoms with Crippen LogP contribution in [-0.4, -0.2) is 42.5 Å². The number of aromatic amines is 1. The molecule has 0 atom stereocenters. The van der Waals surface area contributed by atoms with Gasteiger partial charge in [0.2, 0.25) is 0 Å². The highest BCUT2D eigenvalue weighted by Gasteiger charge is 2.54. The fourth-order valence-corrected chi connectivity index (χ4v) is 5.26. The highest BCUT2D eigenvalue weighted by Crippen LogP contribution is 2.41. The predicted molar refractivity (Wildman–Crippen MR) is 120 cm³/mol. The molecule has 0 bridgehead atoms. The van der Waals surface area contributed by atoms with E-state index in [1.165, 1.54) is 11.3 Å². The second-order valence-corrected chi connectivity index (χ2v) is 10.7. The maximum Gasteiger partial charge on any atom is 0.266 e. The van der Waals surface area contributed by atoms with Crippen LogP contribution in [0.15, 0.2) is 23.0 Å². The van der Waals surface area contributed by atoms with Gasteiger partial charge in [-0.25, -0.2) is 0 Å². The fourth-order valence-electron chi connectivity index (χ4n) is 4.27. The Balaban J connectivity index is 1.52. The van der Waals surface area contributed by atoms with Crippen molar-refractivity contribution in [3.63, 3.8) is 0 Å². The number of thiazole rings is 1. The van der Waals surface area contributed by atoms with Crippen molar-refractivity contribution in [1.29, 1.82) is 0 Å². The van der Waals surface area contributed by atoms with Crippen LogP contribution in [0.3, 0.4) is 0 Å². The Labute approximate surface area is 179 Å². The van der Waals surface area contributed by atoms with Crippen molar-refractivity contribution in [2.24, 2.45) is 5.41 Å². The Hall–Kier alpha value is -2.38. The molecule has 1 aliphatic carbocycles. The molecule has 0 unspecified atom stereocenters. The summed E-state index contributed by atoms with van der Waals surface area (Å²) in [5.74, 6) is 1.03. The highest BCUT2D eigenvalue weighted by atomic mass is 32.1. The third-order valence-corrected chi connectivity index (χ3v) is 6.98. The van der Waals surface area contributed by atoms with Gasteiger partial charge in [-0.2, -0.15) is 0 Å². The van der Waals surface area contributed by atoms with Crippen molar-refractivity contribution >= 4 is 34.5 Å². The maximum atomic E-state index is 12.6. The number of hydrogen-bond donors (Lipinski definition) is 2. The van der Waals surface area contributed by atoms with Gasteiger partial charge in [-0.15, -0.1) is 11.3 Å². The minimum atomic E-state index is -0.338. The normalized spacial score (nSPS) is 22.4. The summed E-state index contributed by atoms with van der Waals surface area (Å²) in [6, 6.07) is 6.05. The molecule has 158 valence electrons. The molecule has 0 radical (unpaired) electrons. The molecule has 3 heterocycles. The van der Waals surface area contributed by atoms with Crippen molar-refractivity contribution in [3.05, 3.63) is 43.3 Å². The molecule has 2 N–H and O–H groups in total. The molecular formula is C23H27N3O3S. The van der Waals surface area contributed by atoms with E-state index in [-0.39, 0.29) is 22.3 Å². The molecule has 1 spiro atoms. The number of carbonyl (C=O) groups is 1. The van der Waals surface area contributed by atoms with Gasteiger partial charge in [0, 0.05) is 18.7 Å². The van der Waals surface area contributed by atoms with E-state index < -0.39 is 0 Å². The standard InChI is InChI=1S/C23H27N3O3S/c1-22(2,3)13-26-8-9-29-17-5-4-14(10-16(17)26)11-18-20(28)25-21(30-18)15-12-24-23(6-7-23)19(15)27/h4-5,10-11,24H,6-9,12-13H2,1-3H3,(H,25,28)/b18-11-,21-15+. The molecule has 3 aliphatic rings. The SMILES string of the molecule is CC(C)(C)CN1CCOc2ccc(/C=c3\s/c(=C4\CNC5(CC5)C4=O)[nH]c3=O)cc21. The molecule has 1 saturated heterocycles. The summed E-state index contributed by atoms with van der Waals surface area (Å²) in [4.78, 5) is 30.5. The monoisotopic (exact) mass is 425 g/mol. The van der Waals surface area contributed by atoms with Crippen molar-refractivity contribution in [1.82, 2.24) is 10.3 Å². The molecule has 2 aromatic rings. The molecule has 2 fully saturated rings. The zero-order chi connectivity index (χ0) is 21.1. The van der Waals surface area contributed by atoms with Crippen LogP contribution in [0.2, 0.25) is 0 Å². The predicted octanol–water partition coefficient (Wildman–Crippen LogP) is 1.37. The highest BCUT2D eigenvalue weighted by molar-refractivity contribution is 7.07. The number of Topliss-reactive ketones (excluding diaryl/α,β-unsaturated/α-hetero) is 1. The zero-order valence-electron chi connectivity index (χ0n) is 17.6. The Morgan fingerprint density at radius 2 is 2.07 bits per heavy atom. The van der Waals surface area contributed by atoms with Crippen LogP contribution in [0.1, 0.15) is 39.2 Å². The molecule has 2 aliphatic heterocycles. The lowest BCUT2D eigenvalue weighted by molar-refractivity contribution is -0.115. The number of ether oxygens (including phenoxy) is 1. The first-order valence-electron chi connectivity index (χ1n) is 10.5. The van der Waals surface area contributed by atoms with Crippen molar-refractivity contribution in [3.8, 4) is 5.75 Å². The van der Waals surface area contributed by atoms with Crippen LogP contribution in [0.5, 0.6) is 5.75 Å². The Morgan fingerprint density at radius 1 is 1.27 bits per heavy atom. The molecule has 5 rings (SSSR count). The van der Waals surface area contributed by atoms with Gasteiger partial charge in [-0.1, -0.05) is 26.8 Å². The van der Waals surface area contributed by atoms with Gasteiger partial charge < -0.3 is 19.9 Å². The van der Waals surface area contributed by atoms with E-state index in [0.29, 0.717) is 27.9 Å². The number of H-pyrrole nitrogens is 1. The van der Waals surface area contributed by atoms with Gasteiger partial charge in [-0.05, 0) is 42.0 Å². The number of hydrogen-bond acceptors (Lipinski definition) is 6. The van der Waals surface area contributed by atoms with Crippen molar-refractivity contribution < 1.29 is 9.53 Å². The lowest BCUT2D eigenvalue weighted by Gasteiger charge is -2.36. The van der Waals surface area contributed by atoms with Gasteiger partial charge in [0.1, 0.15) is 17.0 Å². The zero-order valence-corrected chi connectivity index (χ0v) is 18.4. The number of nitrogens with one attached hydrogen (secondary N) is 2. The number of ketones is 1. The maximum absolute atomic E-state index is 12.6. The van der Waals surface area contributed by atoms with Gasteiger partial charge in [0.25, 0.3) is 5.56 Å². The number of rotatable bonds is 2. The van der Waals surface area contributed by atoms with Crippen LogP contribution < -0.4 is 29.7 Å². The molecule has 1 saturated carbocycles. The summed E-state index contributed by atoms with van der Waals surface area (Å²) in [5.41, 5.74) is 2.42. The average molecular weight is 426 g/mol. The third-order valence-electron chi connectivity index (χ3n) is 5.90. The van der Waals surface area contributed by atoms with E-state index >= 15 is 0 Å². The molecular weight excluding hydrogens is 398 g/mol. The smallest absolute Gasteiger partial charge is 0.266 e. The Bertz CT molecular complexity index is 1200. The third kappa shape index (κ3) is 3.50. The van der Waals surface area contributed by atoms with Gasteiger partial charge in [0.05, 0.1) is 22.3 Å². The number of benzene rings is 1. The summed E-state index contributed by atoms with van der Waals surface area (Å²) in [6.45, 7) is 9.70.